The van der Waals surface area contributed by atoms with E-state index < -0.39 is 5.56 Å². The Balaban J connectivity index is 1.77. The Labute approximate surface area is 172 Å². The van der Waals surface area contributed by atoms with E-state index in [1.165, 1.54) is 16.7 Å². The number of carbonyl (C=O) groups excluding carboxylic acids is 2. The molecule has 0 aliphatic carbocycles. The van der Waals surface area contributed by atoms with Crippen molar-refractivity contribution in [3.8, 4) is 0 Å². The zero-order valence-electron chi connectivity index (χ0n) is 15.6. The first-order valence-corrected chi connectivity index (χ1v) is 10.3. The Kier molecular flexibility index (Phi) is 6.41. The maximum absolute atomic E-state index is 12.9. The third-order valence-electron chi connectivity index (χ3n) is 4.18. The number of anilines is 1. The molecule has 2 aromatic rings. The van der Waals surface area contributed by atoms with Gasteiger partial charge >= 0.3 is 0 Å². The van der Waals surface area contributed by atoms with Crippen molar-refractivity contribution in [3.63, 3.8) is 0 Å². The third kappa shape index (κ3) is 4.56. The van der Waals surface area contributed by atoms with Crippen molar-refractivity contribution < 1.29 is 9.59 Å². The summed E-state index contributed by atoms with van der Waals surface area (Å²) in [5.41, 5.74) is 0.656. The summed E-state index contributed by atoms with van der Waals surface area (Å²) < 4.78 is 1.09. The molecule has 1 aromatic heterocycles. The van der Waals surface area contributed by atoms with E-state index in [0.717, 1.165) is 10.2 Å². The number of benzene rings is 1. The molecule has 1 aliphatic rings. The predicted octanol–water partition coefficient (Wildman–Crippen LogP) is 2.31. The molecule has 3 rings (SSSR count). The summed E-state index contributed by atoms with van der Waals surface area (Å²) in [4.78, 5) is 39.7. The van der Waals surface area contributed by atoms with E-state index in [4.69, 9.17) is 11.6 Å². The average molecular weight is 421 g/mol. The van der Waals surface area contributed by atoms with Gasteiger partial charge in [-0.25, -0.2) is 4.68 Å². The third-order valence-corrected chi connectivity index (χ3v) is 5.55. The molecule has 0 unspecified atom stereocenters. The van der Waals surface area contributed by atoms with Crippen molar-refractivity contribution in [3.05, 3.63) is 51.4 Å². The first kappa shape index (κ1) is 20.4. The fourth-order valence-corrected chi connectivity index (χ4v) is 3.95. The smallest absolute Gasteiger partial charge is 0.292 e. The molecule has 0 spiro atoms. The van der Waals surface area contributed by atoms with Gasteiger partial charge in [0.2, 0.25) is 11.8 Å². The number of halogens is 1. The molecule has 0 radical (unpaired) electrons. The molecule has 2 amide bonds. The molecular formula is C19H21ClN4O3S. The van der Waals surface area contributed by atoms with Gasteiger partial charge in [-0.3, -0.25) is 14.4 Å². The number of rotatable bonds is 6. The van der Waals surface area contributed by atoms with E-state index >= 15 is 0 Å². The van der Waals surface area contributed by atoms with Gasteiger partial charge in [-0.05, 0) is 17.5 Å². The van der Waals surface area contributed by atoms with E-state index in [9.17, 15) is 14.4 Å². The molecule has 1 aromatic carbocycles. The summed E-state index contributed by atoms with van der Waals surface area (Å²) in [5.74, 6) is 0.0205. The van der Waals surface area contributed by atoms with Gasteiger partial charge in [0.15, 0.2) is 0 Å². The number of hydrogen-bond acceptors (Lipinski definition) is 5. The number of nitrogens with one attached hydrogen (secondary N) is 1. The molecule has 0 bridgehead atoms. The molecule has 2 heterocycles. The van der Waals surface area contributed by atoms with Gasteiger partial charge in [-0.2, -0.15) is 5.10 Å². The normalized spacial score (nSPS) is 13.6. The highest BCUT2D eigenvalue weighted by Crippen LogP contribution is 2.32. The van der Waals surface area contributed by atoms with E-state index in [0.29, 0.717) is 22.2 Å². The minimum atomic E-state index is -0.438. The van der Waals surface area contributed by atoms with Crippen LogP contribution >= 0.6 is 23.4 Å². The maximum atomic E-state index is 12.9. The van der Waals surface area contributed by atoms with E-state index in [2.05, 4.69) is 10.4 Å². The molecule has 0 saturated carbocycles. The van der Waals surface area contributed by atoms with Gasteiger partial charge in [0.05, 0.1) is 16.8 Å². The highest BCUT2D eigenvalue weighted by Gasteiger charge is 2.29. The number of aromatic nitrogens is 2. The van der Waals surface area contributed by atoms with Crippen molar-refractivity contribution in [2.75, 3.05) is 17.2 Å². The lowest BCUT2D eigenvalue weighted by Crippen LogP contribution is -2.44. The predicted molar refractivity (Wildman–Crippen MR) is 110 cm³/mol. The van der Waals surface area contributed by atoms with Crippen LogP contribution < -0.4 is 15.8 Å². The summed E-state index contributed by atoms with van der Waals surface area (Å²) in [5, 5.41) is 7.40. The van der Waals surface area contributed by atoms with Crippen molar-refractivity contribution in [2.45, 2.75) is 31.8 Å². The Hall–Kier alpha value is -2.32. The Morgan fingerprint density at radius 1 is 1.32 bits per heavy atom. The molecule has 0 atom stereocenters. The van der Waals surface area contributed by atoms with Gasteiger partial charge in [-0.1, -0.05) is 43.6 Å². The molecule has 7 nitrogen and oxygen atoms in total. The van der Waals surface area contributed by atoms with Gasteiger partial charge in [0.1, 0.15) is 12.2 Å². The first-order valence-electron chi connectivity index (χ1n) is 8.90. The summed E-state index contributed by atoms with van der Waals surface area (Å²) in [7, 11) is 0. The fourth-order valence-electron chi connectivity index (χ4n) is 2.86. The molecule has 0 fully saturated rings. The molecule has 1 N–H and O–H groups in total. The fraction of sp³-hybridized carbons (Fsp3) is 0.368. The van der Waals surface area contributed by atoms with E-state index in [1.54, 1.807) is 12.3 Å². The largest absolute Gasteiger partial charge is 0.350 e. The number of carbonyl (C=O) groups is 2. The van der Waals surface area contributed by atoms with Gasteiger partial charge in [-0.15, -0.1) is 11.8 Å². The van der Waals surface area contributed by atoms with Gasteiger partial charge in [0, 0.05) is 18.1 Å². The van der Waals surface area contributed by atoms with Crippen molar-refractivity contribution in [2.24, 2.45) is 5.92 Å². The van der Waals surface area contributed by atoms with E-state index in [1.807, 2.05) is 32.0 Å². The number of fused-ring (bicyclic) bond motifs is 1. The zero-order chi connectivity index (χ0) is 20.3. The molecule has 1 aliphatic heterocycles. The minimum absolute atomic E-state index is 0.107. The monoisotopic (exact) mass is 420 g/mol. The topological polar surface area (TPSA) is 84.3 Å². The molecule has 9 heteroatoms. The number of nitrogens with zero attached hydrogens (tertiary/aromatic N) is 3. The lowest BCUT2D eigenvalue weighted by atomic mass is 10.2. The van der Waals surface area contributed by atoms with Crippen LogP contribution in [0.4, 0.5) is 5.69 Å². The number of amides is 2. The summed E-state index contributed by atoms with van der Waals surface area (Å²) in [6, 6.07) is 7.21. The van der Waals surface area contributed by atoms with E-state index in [-0.39, 0.29) is 36.6 Å². The second-order valence-electron chi connectivity index (χ2n) is 6.88. The average Bonchev–Trinajstić information content (AvgIpc) is 2.65. The lowest BCUT2D eigenvalue weighted by molar-refractivity contribution is -0.122. The van der Waals surface area contributed by atoms with Crippen molar-refractivity contribution >= 4 is 40.9 Å². The molecule has 28 heavy (non-hydrogen) atoms. The number of hydrogen-bond donors (Lipinski definition) is 1. The quantitative estimate of drug-likeness (QED) is 0.775. The van der Waals surface area contributed by atoms with Crippen LogP contribution in [-0.2, 0) is 22.7 Å². The van der Waals surface area contributed by atoms with Gasteiger partial charge < -0.3 is 10.2 Å². The van der Waals surface area contributed by atoms with Crippen LogP contribution in [0.5, 0.6) is 0 Å². The molecule has 0 saturated heterocycles. The standard InChI is InChI=1S/C19H21ClN4O3S/c1-12(2)9-23-17(26)11-28-15-8-22-24(19(27)18(15)23)10-16(25)21-7-13-5-3-4-6-14(13)20/h3-6,8,12H,7,9-11H2,1-2H3,(H,21,25). The minimum Gasteiger partial charge on any atom is -0.350 e. The van der Waals surface area contributed by atoms with Crippen LogP contribution in [-0.4, -0.2) is 33.9 Å². The summed E-state index contributed by atoms with van der Waals surface area (Å²) in [6.07, 6.45) is 1.54. The van der Waals surface area contributed by atoms with Crippen LogP contribution in [0.1, 0.15) is 19.4 Å². The molecular weight excluding hydrogens is 400 g/mol. The van der Waals surface area contributed by atoms with Crippen LogP contribution in [0.2, 0.25) is 5.02 Å². The highest BCUT2D eigenvalue weighted by molar-refractivity contribution is 8.00. The van der Waals surface area contributed by atoms with Crippen LogP contribution in [0.15, 0.2) is 40.2 Å². The van der Waals surface area contributed by atoms with Crippen LogP contribution in [0, 0.1) is 5.92 Å². The highest BCUT2D eigenvalue weighted by atomic mass is 35.5. The zero-order valence-corrected chi connectivity index (χ0v) is 17.2. The SMILES string of the molecule is CC(C)CN1C(=O)CSc2cnn(CC(=O)NCc3ccccc3Cl)c(=O)c21. The van der Waals surface area contributed by atoms with Crippen LogP contribution in [0.3, 0.4) is 0 Å². The lowest BCUT2D eigenvalue weighted by Gasteiger charge is -2.29. The number of thioether (sulfide) groups is 1. The Bertz CT molecular complexity index is 960. The summed E-state index contributed by atoms with van der Waals surface area (Å²) in [6.45, 7) is 4.44. The van der Waals surface area contributed by atoms with Crippen molar-refractivity contribution in [1.82, 2.24) is 15.1 Å². The second kappa shape index (κ2) is 8.79. The maximum Gasteiger partial charge on any atom is 0.292 e. The Morgan fingerprint density at radius 2 is 2.07 bits per heavy atom. The Morgan fingerprint density at radius 3 is 2.79 bits per heavy atom. The van der Waals surface area contributed by atoms with Crippen LogP contribution in [0.25, 0.3) is 0 Å². The van der Waals surface area contributed by atoms with Crippen molar-refractivity contribution in [1.29, 1.82) is 0 Å². The van der Waals surface area contributed by atoms with Gasteiger partial charge in [0.25, 0.3) is 5.56 Å². The summed E-state index contributed by atoms with van der Waals surface area (Å²) >= 11 is 7.38. The second-order valence-corrected chi connectivity index (χ2v) is 8.30. The first-order chi connectivity index (χ1) is 13.4. The molecule has 148 valence electrons.